The van der Waals surface area contributed by atoms with Gasteiger partial charge in [-0.25, -0.2) is 4.39 Å². The van der Waals surface area contributed by atoms with Gasteiger partial charge in [-0.15, -0.1) is 0 Å². The Kier molecular flexibility index (Phi) is 3.03. The van der Waals surface area contributed by atoms with Gasteiger partial charge in [0.2, 0.25) is 0 Å². The maximum atomic E-state index is 12.7. The zero-order chi connectivity index (χ0) is 10.8. The molecule has 82 valence electrons. The van der Waals surface area contributed by atoms with E-state index in [0.29, 0.717) is 5.92 Å². The molecule has 0 heterocycles. The monoisotopic (exact) mass is 209 g/mol. The Morgan fingerprint density at radius 2 is 1.87 bits per heavy atom. The fourth-order valence-corrected chi connectivity index (χ4v) is 1.96. The zero-order valence-corrected chi connectivity index (χ0v) is 8.57. The number of rotatable bonds is 3. The maximum Gasteiger partial charge on any atom is 0.123 e. The minimum Gasteiger partial charge on any atom is -0.391 e. The van der Waals surface area contributed by atoms with Gasteiger partial charge in [-0.2, -0.15) is 0 Å². The van der Waals surface area contributed by atoms with Crippen molar-refractivity contribution in [2.24, 2.45) is 11.7 Å². The molecule has 2 atom stereocenters. The quantitative estimate of drug-likeness (QED) is 0.799. The Bertz CT molecular complexity index is 321. The molecule has 15 heavy (non-hydrogen) atoms. The Labute approximate surface area is 88.9 Å². The predicted octanol–water partition coefficient (Wildman–Crippen LogP) is 1.99. The van der Waals surface area contributed by atoms with Gasteiger partial charge >= 0.3 is 0 Å². The van der Waals surface area contributed by atoms with Crippen LogP contribution in [0.25, 0.3) is 0 Å². The van der Waals surface area contributed by atoms with E-state index in [1.54, 1.807) is 12.1 Å². The van der Waals surface area contributed by atoms with Crippen LogP contribution in [0.15, 0.2) is 24.3 Å². The van der Waals surface area contributed by atoms with E-state index in [-0.39, 0.29) is 5.82 Å². The van der Waals surface area contributed by atoms with Crippen molar-refractivity contribution in [1.82, 2.24) is 0 Å². The van der Waals surface area contributed by atoms with Gasteiger partial charge in [0.25, 0.3) is 0 Å². The van der Waals surface area contributed by atoms with Crippen LogP contribution in [0.2, 0.25) is 0 Å². The lowest BCUT2D eigenvalue weighted by Gasteiger charge is -2.33. The van der Waals surface area contributed by atoms with Gasteiger partial charge in [-0.1, -0.05) is 18.6 Å². The van der Waals surface area contributed by atoms with Crippen molar-refractivity contribution in [3.05, 3.63) is 35.6 Å². The summed E-state index contributed by atoms with van der Waals surface area (Å²) in [4.78, 5) is 0. The summed E-state index contributed by atoms with van der Waals surface area (Å²) in [5, 5.41) is 9.94. The lowest BCUT2D eigenvalue weighted by molar-refractivity contribution is 0.0413. The Morgan fingerprint density at radius 1 is 1.27 bits per heavy atom. The van der Waals surface area contributed by atoms with Crippen LogP contribution < -0.4 is 5.73 Å². The highest BCUT2D eigenvalue weighted by Crippen LogP contribution is 2.34. The highest BCUT2D eigenvalue weighted by molar-refractivity contribution is 5.21. The first-order chi connectivity index (χ1) is 7.18. The molecule has 2 rings (SSSR count). The maximum absolute atomic E-state index is 12.7. The van der Waals surface area contributed by atoms with Crippen molar-refractivity contribution in [1.29, 1.82) is 0 Å². The van der Waals surface area contributed by atoms with Crippen molar-refractivity contribution >= 4 is 0 Å². The van der Waals surface area contributed by atoms with Crippen molar-refractivity contribution in [3.63, 3.8) is 0 Å². The first kappa shape index (κ1) is 10.6. The molecule has 1 aromatic carbocycles. The number of halogens is 1. The number of aliphatic hydroxyl groups is 1. The average molecular weight is 209 g/mol. The van der Waals surface area contributed by atoms with Crippen LogP contribution in [0.1, 0.15) is 30.9 Å². The van der Waals surface area contributed by atoms with Crippen LogP contribution in [0.5, 0.6) is 0 Å². The van der Waals surface area contributed by atoms with Gasteiger partial charge in [-0.05, 0) is 36.5 Å². The standard InChI is InChI=1S/C12H16FNO/c13-10-6-4-8(5-7-10)11(14)12(15)9-2-1-3-9/h4-7,9,11-12,15H,1-3,14H2/t11-,12+/m1/s1. The molecule has 0 aliphatic heterocycles. The van der Waals surface area contributed by atoms with E-state index in [9.17, 15) is 9.50 Å². The Balaban J connectivity index is 2.05. The normalized spacial score (nSPS) is 20.7. The number of aliphatic hydroxyl groups excluding tert-OH is 1. The molecule has 0 amide bonds. The van der Waals surface area contributed by atoms with Crippen molar-refractivity contribution in [3.8, 4) is 0 Å². The molecule has 1 saturated carbocycles. The molecule has 0 aromatic heterocycles. The minimum atomic E-state index is -0.496. The Hall–Kier alpha value is -0.930. The molecule has 0 bridgehead atoms. The summed E-state index contributed by atoms with van der Waals surface area (Å²) in [6, 6.07) is 5.64. The van der Waals surface area contributed by atoms with E-state index in [0.717, 1.165) is 18.4 Å². The van der Waals surface area contributed by atoms with Crippen LogP contribution in [-0.4, -0.2) is 11.2 Å². The molecule has 2 nitrogen and oxygen atoms in total. The fraction of sp³-hybridized carbons (Fsp3) is 0.500. The summed E-state index contributed by atoms with van der Waals surface area (Å²) in [5.41, 5.74) is 6.73. The summed E-state index contributed by atoms with van der Waals surface area (Å²) in [7, 11) is 0. The third-order valence-corrected chi connectivity index (χ3v) is 3.26. The lowest BCUT2D eigenvalue weighted by Crippen LogP contribution is -2.36. The van der Waals surface area contributed by atoms with Crippen LogP contribution in [0, 0.1) is 11.7 Å². The molecule has 3 heteroatoms. The first-order valence-corrected chi connectivity index (χ1v) is 5.37. The number of hydrogen-bond acceptors (Lipinski definition) is 2. The average Bonchev–Trinajstić information content (AvgIpc) is 2.15. The van der Waals surface area contributed by atoms with E-state index in [1.807, 2.05) is 0 Å². The number of hydrogen-bond donors (Lipinski definition) is 2. The SMILES string of the molecule is N[C@H](c1ccc(F)cc1)[C@@H](O)C1CCC1. The molecule has 0 unspecified atom stereocenters. The second-order valence-corrected chi connectivity index (χ2v) is 4.26. The van der Waals surface area contributed by atoms with Crippen molar-refractivity contribution in [2.45, 2.75) is 31.4 Å². The van der Waals surface area contributed by atoms with Gasteiger partial charge in [0.05, 0.1) is 12.1 Å². The van der Waals surface area contributed by atoms with Gasteiger partial charge in [0, 0.05) is 0 Å². The van der Waals surface area contributed by atoms with Crippen LogP contribution >= 0.6 is 0 Å². The smallest absolute Gasteiger partial charge is 0.123 e. The molecular formula is C12H16FNO. The summed E-state index contributed by atoms with van der Waals surface area (Å²) < 4.78 is 12.7. The molecule has 1 aliphatic carbocycles. The summed E-state index contributed by atoms with van der Waals surface area (Å²) in [6.07, 6.45) is 2.79. The largest absolute Gasteiger partial charge is 0.391 e. The van der Waals surface area contributed by atoms with Crippen molar-refractivity contribution < 1.29 is 9.50 Å². The first-order valence-electron chi connectivity index (χ1n) is 5.37. The van der Waals surface area contributed by atoms with Crippen molar-refractivity contribution in [2.75, 3.05) is 0 Å². The lowest BCUT2D eigenvalue weighted by atomic mass is 9.77. The van der Waals surface area contributed by atoms with E-state index in [4.69, 9.17) is 5.73 Å². The minimum absolute atomic E-state index is 0.274. The molecule has 1 aromatic rings. The van der Waals surface area contributed by atoms with Gasteiger partial charge in [-0.3, -0.25) is 0 Å². The molecule has 3 N–H and O–H groups in total. The second kappa shape index (κ2) is 4.29. The van der Waals surface area contributed by atoms with E-state index < -0.39 is 12.1 Å². The highest BCUT2D eigenvalue weighted by atomic mass is 19.1. The van der Waals surface area contributed by atoms with Crippen LogP contribution in [0.4, 0.5) is 4.39 Å². The van der Waals surface area contributed by atoms with E-state index in [1.165, 1.54) is 18.6 Å². The molecule has 0 radical (unpaired) electrons. The number of benzene rings is 1. The topological polar surface area (TPSA) is 46.2 Å². The number of nitrogens with two attached hydrogens (primary N) is 1. The third-order valence-electron chi connectivity index (χ3n) is 3.26. The summed E-state index contributed by atoms with van der Waals surface area (Å²) in [5.74, 6) is 0.0501. The van der Waals surface area contributed by atoms with Gasteiger partial charge in [0.1, 0.15) is 5.82 Å². The van der Waals surface area contributed by atoms with Crippen LogP contribution in [0.3, 0.4) is 0 Å². The fourth-order valence-electron chi connectivity index (χ4n) is 1.96. The van der Waals surface area contributed by atoms with Gasteiger partial charge in [0.15, 0.2) is 0 Å². The van der Waals surface area contributed by atoms with E-state index in [2.05, 4.69) is 0 Å². The summed E-state index contributed by atoms with van der Waals surface area (Å²) >= 11 is 0. The predicted molar refractivity (Wildman–Crippen MR) is 56.7 cm³/mol. The second-order valence-electron chi connectivity index (χ2n) is 4.26. The van der Waals surface area contributed by atoms with Crippen LogP contribution in [-0.2, 0) is 0 Å². The highest BCUT2D eigenvalue weighted by Gasteiger charge is 2.30. The van der Waals surface area contributed by atoms with E-state index >= 15 is 0 Å². The molecule has 0 spiro atoms. The molecule has 1 aliphatic rings. The third kappa shape index (κ3) is 2.19. The molecular weight excluding hydrogens is 193 g/mol. The molecule has 1 fully saturated rings. The zero-order valence-electron chi connectivity index (χ0n) is 8.57. The Morgan fingerprint density at radius 3 is 2.33 bits per heavy atom. The molecule has 0 saturated heterocycles. The van der Waals surface area contributed by atoms with Gasteiger partial charge < -0.3 is 10.8 Å². The summed E-state index contributed by atoms with van der Waals surface area (Å²) in [6.45, 7) is 0.